The molecule has 1 heterocycles. The number of rotatable bonds is 5. The quantitative estimate of drug-likeness (QED) is 0.888. The minimum atomic E-state index is -0.0838. The SMILES string of the molecule is Cc1ccc(C(C)NC(=O)c2ccc(CN3CCCC3=O)cc2)cc1C. The van der Waals surface area contributed by atoms with E-state index in [1.165, 1.54) is 11.1 Å². The minimum absolute atomic E-state index is 0.0521. The monoisotopic (exact) mass is 350 g/mol. The van der Waals surface area contributed by atoms with Gasteiger partial charge < -0.3 is 10.2 Å². The lowest BCUT2D eigenvalue weighted by Crippen LogP contribution is -2.27. The predicted molar refractivity (Wildman–Crippen MR) is 103 cm³/mol. The Morgan fingerprint density at radius 1 is 1.12 bits per heavy atom. The average Bonchev–Trinajstić information content (AvgIpc) is 3.02. The molecule has 3 rings (SSSR count). The highest BCUT2D eigenvalue weighted by Crippen LogP contribution is 2.18. The van der Waals surface area contributed by atoms with Crippen LogP contribution in [-0.2, 0) is 11.3 Å². The summed E-state index contributed by atoms with van der Waals surface area (Å²) in [5.74, 6) is 0.133. The smallest absolute Gasteiger partial charge is 0.251 e. The molecule has 0 spiro atoms. The highest BCUT2D eigenvalue weighted by molar-refractivity contribution is 5.94. The van der Waals surface area contributed by atoms with Gasteiger partial charge >= 0.3 is 0 Å². The number of amides is 2. The van der Waals surface area contributed by atoms with Gasteiger partial charge in [0.1, 0.15) is 0 Å². The van der Waals surface area contributed by atoms with Crippen molar-refractivity contribution in [3.8, 4) is 0 Å². The molecule has 0 saturated carbocycles. The van der Waals surface area contributed by atoms with E-state index >= 15 is 0 Å². The van der Waals surface area contributed by atoms with Crippen LogP contribution in [0.2, 0.25) is 0 Å². The molecule has 2 aromatic carbocycles. The fraction of sp³-hybridized carbons (Fsp3) is 0.364. The maximum atomic E-state index is 12.5. The summed E-state index contributed by atoms with van der Waals surface area (Å²) in [5, 5.41) is 3.06. The molecule has 1 aliphatic heterocycles. The molecule has 1 unspecified atom stereocenters. The van der Waals surface area contributed by atoms with E-state index in [1.807, 2.05) is 36.1 Å². The summed E-state index contributed by atoms with van der Waals surface area (Å²) >= 11 is 0. The number of aryl methyl sites for hydroxylation is 2. The molecule has 136 valence electrons. The van der Waals surface area contributed by atoms with E-state index in [4.69, 9.17) is 0 Å². The van der Waals surface area contributed by atoms with Crippen molar-refractivity contribution in [2.24, 2.45) is 0 Å². The van der Waals surface area contributed by atoms with E-state index in [2.05, 4.69) is 37.4 Å². The Kier molecular flexibility index (Phi) is 5.40. The van der Waals surface area contributed by atoms with Gasteiger partial charge in [0.15, 0.2) is 0 Å². The second-order valence-electron chi connectivity index (χ2n) is 7.15. The largest absolute Gasteiger partial charge is 0.346 e. The van der Waals surface area contributed by atoms with Gasteiger partial charge in [-0.15, -0.1) is 0 Å². The van der Waals surface area contributed by atoms with Crippen molar-refractivity contribution in [1.82, 2.24) is 10.2 Å². The Morgan fingerprint density at radius 3 is 2.46 bits per heavy atom. The maximum absolute atomic E-state index is 12.5. The first kappa shape index (κ1) is 18.2. The molecule has 1 aliphatic rings. The Hall–Kier alpha value is -2.62. The molecule has 1 atom stereocenters. The number of carbonyl (C=O) groups excluding carboxylic acids is 2. The van der Waals surface area contributed by atoms with E-state index in [0.717, 1.165) is 24.1 Å². The van der Waals surface area contributed by atoms with Crippen molar-refractivity contribution in [2.45, 2.75) is 46.2 Å². The lowest BCUT2D eigenvalue weighted by molar-refractivity contribution is -0.128. The topological polar surface area (TPSA) is 49.4 Å². The zero-order valence-corrected chi connectivity index (χ0v) is 15.7. The van der Waals surface area contributed by atoms with E-state index in [9.17, 15) is 9.59 Å². The van der Waals surface area contributed by atoms with Gasteiger partial charge in [-0.05, 0) is 61.6 Å². The van der Waals surface area contributed by atoms with Gasteiger partial charge in [-0.3, -0.25) is 9.59 Å². The number of nitrogens with one attached hydrogen (secondary N) is 1. The fourth-order valence-electron chi connectivity index (χ4n) is 3.25. The fourth-order valence-corrected chi connectivity index (χ4v) is 3.25. The number of benzene rings is 2. The van der Waals surface area contributed by atoms with Crippen LogP contribution in [0.25, 0.3) is 0 Å². The summed E-state index contributed by atoms with van der Waals surface area (Å²) in [6, 6.07) is 13.7. The van der Waals surface area contributed by atoms with Crippen LogP contribution >= 0.6 is 0 Å². The number of hydrogen-bond donors (Lipinski definition) is 1. The van der Waals surface area contributed by atoms with Crippen LogP contribution in [-0.4, -0.2) is 23.3 Å². The third kappa shape index (κ3) is 4.13. The molecule has 2 amide bonds. The summed E-state index contributed by atoms with van der Waals surface area (Å²) in [6.07, 6.45) is 1.59. The zero-order valence-electron chi connectivity index (χ0n) is 15.7. The number of likely N-dealkylation sites (tertiary alicyclic amines) is 1. The van der Waals surface area contributed by atoms with Crippen LogP contribution in [0.5, 0.6) is 0 Å². The van der Waals surface area contributed by atoms with Gasteiger partial charge in [0.2, 0.25) is 5.91 Å². The average molecular weight is 350 g/mol. The maximum Gasteiger partial charge on any atom is 0.251 e. The first-order chi connectivity index (χ1) is 12.4. The Balaban J connectivity index is 1.62. The normalized spacial score (nSPS) is 15.2. The highest BCUT2D eigenvalue weighted by atomic mass is 16.2. The van der Waals surface area contributed by atoms with Crippen molar-refractivity contribution in [2.75, 3.05) is 6.54 Å². The molecule has 4 nitrogen and oxygen atoms in total. The third-order valence-electron chi connectivity index (χ3n) is 5.14. The van der Waals surface area contributed by atoms with Crippen LogP contribution in [0.3, 0.4) is 0 Å². The molecule has 0 aromatic heterocycles. The summed E-state index contributed by atoms with van der Waals surface area (Å²) < 4.78 is 0. The number of hydrogen-bond acceptors (Lipinski definition) is 2. The Morgan fingerprint density at radius 2 is 1.85 bits per heavy atom. The van der Waals surface area contributed by atoms with Gasteiger partial charge in [-0.25, -0.2) is 0 Å². The van der Waals surface area contributed by atoms with Crippen LogP contribution in [0.15, 0.2) is 42.5 Å². The van der Waals surface area contributed by atoms with Crippen LogP contribution in [0, 0.1) is 13.8 Å². The first-order valence-corrected chi connectivity index (χ1v) is 9.19. The molecule has 0 bridgehead atoms. The molecule has 4 heteroatoms. The predicted octanol–water partition coefficient (Wildman–Crippen LogP) is 3.92. The molecule has 0 aliphatic carbocycles. The van der Waals surface area contributed by atoms with E-state index < -0.39 is 0 Å². The zero-order chi connectivity index (χ0) is 18.7. The lowest BCUT2D eigenvalue weighted by atomic mass is 10.0. The molecule has 1 fully saturated rings. The summed E-state index contributed by atoms with van der Waals surface area (Å²) in [6.45, 7) is 7.61. The van der Waals surface area contributed by atoms with E-state index in [1.54, 1.807) is 0 Å². The molecular weight excluding hydrogens is 324 g/mol. The minimum Gasteiger partial charge on any atom is -0.346 e. The van der Waals surface area contributed by atoms with Crippen LogP contribution in [0.4, 0.5) is 0 Å². The Bertz CT molecular complexity index is 811. The van der Waals surface area contributed by atoms with Gasteiger partial charge in [0.25, 0.3) is 5.91 Å². The van der Waals surface area contributed by atoms with E-state index in [-0.39, 0.29) is 17.9 Å². The standard InChI is InChI=1S/C22H26N2O2/c1-15-6-9-20(13-16(15)2)17(3)23-22(26)19-10-7-18(8-11-19)14-24-12-4-5-21(24)25/h6-11,13,17H,4-5,12,14H2,1-3H3,(H,23,26). The molecule has 26 heavy (non-hydrogen) atoms. The van der Waals surface area contributed by atoms with Crippen molar-refractivity contribution >= 4 is 11.8 Å². The summed E-state index contributed by atoms with van der Waals surface area (Å²) in [4.78, 5) is 26.1. The van der Waals surface area contributed by atoms with E-state index in [0.29, 0.717) is 18.5 Å². The number of nitrogens with zero attached hydrogens (tertiary/aromatic N) is 1. The molecule has 0 radical (unpaired) electrons. The van der Waals surface area contributed by atoms with Crippen LogP contribution < -0.4 is 5.32 Å². The van der Waals surface area contributed by atoms with Crippen molar-refractivity contribution in [3.05, 3.63) is 70.3 Å². The molecule has 2 aromatic rings. The highest BCUT2D eigenvalue weighted by Gasteiger charge is 2.20. The summed E-state index contributed by atoms with van der Waals surface area (Å²) in [7, 11) is 0. The first-order valence-electron chi connectivity index (χ1n) is 9.19. The molecule has 1 saturated heterocycles. The van der Waals surface area contributed by atoms with Gasteiger partial charge in [0.05, 0.1) is 6.04 Å². The van der Waals surface area contributed by atoms with Gasteiger partial charge in [0, 0.05) is 25.1 Å². The van der Waals surface area contributed by atoms with Crippen molar-refractivity contribution in [1.29, 1.82) is 0 Å². The van der Waals surface area contributed by atoms with Gasteiger partial charge in [-0.2, -0.15) is 0 Å². The number of carbonyl (C=O) groups is 2. The lowest BCUT2D eigenvalue weighted by Gasteiger charge is -2.17. The summed E-state index contributed by atoms with van der Waals surface area (Å²) in [5.41, 5.74) is 5.27. The molecular formula is C22H26N2O2. The second-order valence-corrected chi connectivity index (χ2v) is 7.15. The Labute approximate surface area is 155 Å². The third-order valence-corrected chi connectivity index (χ3v) is 5.14. The van der Waals surface area contributed by atoms with Crippen LogP contribution in [0.1, 0.15) is 58.4 Å². The second kappa shape index (κ2) is 7.73. The van der Waals surface area contributed by atoms with Crippen molar-refractivity contribution < 1.29 is 9.59 Å². The molecule has 1 N–H and O–H groups in total. The van der Waals surface area contributed by atoms with Gasteiger partial charge in [-0.1, -0.05) is 30.3 Å². The van der Waals surface area contributed by atoms with Crippen molar-refractivity contribution in [3.63, 3.8) is 0 Å².